The van der Waals surface area contributed by atoms with Crippen molar-refractivity contribution in [3.8, 4) is 89.5 Å². The zero-order chi connectivity index (χ0) is 40.3. The summed E-state index contributed by atoms with van der Waals surface area (Å²) in [4.78, 5) is 10.7. The van der Waals surface area contributed by atoms with Gasteiger partial charge in [-0.2, -0.15) is 0 Å². The van der Waals surface area contributed by atoms with Crippen molar-refractivity contribution >= 4 is 0 Å². The molecule has 12 rings (SSSR count). The smallest absolute Gasteiger partial charge is 0.160 e. The number of fused-ring (bicyclic) bond motifs is 12. The summed E-state index contributed by atoms with van der Waals surface area (Å²) in [5.74, 6) is 0.694. The van der Waals surface area contributed by atoms with E-state index in [0.29, 0.717) is 5.82 Å². The molecule has 0 fully saturated rings. The number of aromatic nitrogens is 2. The van der Waals surface area contributed by atoms with E-state index < -0.39 is 5.41 Å². The maximum atomic E-state index is 5.37. The monoisotopic (exact) mass is 774 g/mol. The van der Waals surface area contributed by atoms with E-state index in [-0.39, 0.29) is 0 Å². The third kappa shape index (κ3) is 5.57. The number of nitrogens with zero attached hydrogens (tertiary/aromatic N) is 2. The molecule has 1 spiro atoms. The van der Waals surface area contributed by atoms with Crippen molar-refractivity contribution in [3.63, 3.8) is 0 Å². The van der Waals surface area contributed by atoms with Gasteiger partial charge in [-0.05, 0) is 96.1 Å². The minimum absolute atomic E-state index is 0.531. The predicted molar refractivity (Wildman–Crippen MR) is 251 cm³/mol. The Balaban J connectivity index is 1.07. The van der Waals surface area contributed by atoms with Crippen LogP contribution in [0.4, 0.5) is 0 Å². The van der Waals surface area contributed by atoms with Crippen LogP contribution in [-0.2, 0) is 5.41 Å². The molecule has 284 valence electrons. The topological polar surface area (TPSA) is 25.8 Å². The van der Waals surface area contributed by atoms with Crippen molar-refractivity contribution in [2.45, 2.75) is 5.41 Å². The summed E-state index contributed by atoms with van der Waals surface area (Å²) in [6, 6.07) is 83.6. The molecule has 2 aliphatic carbocycles. The number of rotatable bonds is 5. The lowest BCUT2D eigenvalue weighted by atomic mass is 9.66. The molecule has 1 heterocycles. The van der Waals surface area contributed by atoms with Crippen molar-refractivity contribution < 1.29 is 0 Å². The van der Waals surface area contributed by atoms with Gasteiger partial charge in [-0.3, -0.25) is 0 Å². The Bertz CT molecular complexity index is 3230. The van der Waals surface area contributed by atoms with Crippen LogP contribution in [-0.4, -0.2) is 9.97 Å². The Morgan fingerprint density at radius 2 is 0.607 bits per heavy atom. The Morgan fingerprint density at radius 3 is 1.18 bits per heavy atom. The van der Waals surface area contributed by atoms with Crippen molar-refractivity contribution in [2.75, 3.05) is 0 Å². The molecule has 10 aromatic rings. The second-order valence-electron chi connectivity index (χ2n) is 16.0. The third-order valence-electron chi connectivity index (χ3n) is 12.8. The zero-order valence-corrected chi connectivity index (χ0v) is 33.3. The van der Waals surface area contributed by atoms with Crippen LogP contribution in [0.2, 0.25) is 0 Å². The summed E-state index contributed by atoms with van der Waals surface area (Å²) in [6.07, 6.45) is 0. The summed E-state index contributed by atoms with van der Waals surface area (Å²) in [5.41, 5.74) is 21.7. The zero-order valence-electron chi connectivity index (χ0n) is 33.3. The molecule has 9 aromatic carbocycles. The van der Waals surface area contributed by atoms with Gasteiger partial charge in [0.15, 0.2) is 5.82 Å². The lowest BCUT2D eigenvalue weighted by molar-refractivity contribution is 0.775. The van der Waals surface area contributed by atoms with E-state index in [0.717, 1.165) is 39.2 Å². The van der Waals surface area contributed by atoms with Crippen LogP contribution < -0.4 is 0 Å². The molecule has 2 nitrogen and oxygen atoms in total. The minimum Gasteiger partial charge on any atom is -0.228 e. The molecule has 0 saturated carbocycles. The first-order valence-corrected chi connectivity index (χ1v) is 21.0. The Labute approximate surface area is 356 Å². The van der Waals surface area contributed by atoms with E-state index in [2.05, 4.69) is 231 Å². The van der Waals surface area contributed by atoms with Crippen LogP contribution >= 0.6 is 0 Å². The first kappa shape index (κ1) is 35.0. The van der Waals surface area contributed by atoms with Gasteiger partial charge in [0.1, 0.15) is 0 Å². The van der Waals surface area contributed by atoms with Crippen LogP contribution in [0, 0.1) is 0 Å². The summed E-state index contributed by atoms with van der Waals surface area (Å²) in [5, 5.41) is 0. The Kier molecular flexibility index (Phi) is 8.11. The molecular formula is C59H38N2. The molecule has 1 aromatic heterocycles. The largest absolute Gasteiger partial charge is 0.228 e. The van der Waals surface area contributed by atoms with E-state index in [1.54, 1.807) is 0 Å². The molecule has 2 heteroatoms. The van der Waals surface area contributed by atoms with Crippen molar-refractivity contribution in [3.05, 3.63) is 253 Å². The van der Waals surface area contributed by atoms with E-state index >= 15 is 0 Å². The van der Waals surface area contributed by atoms with Crippen LogP contribution in [0.3, 0.4) is 0 Å². The highest BCUT2D eigenvalue weighted by molar-refractivity contribution is 5.98. The van der Waals surface area contributed by atoms with E-state index in [4.69, 9.17) is 9.97 Å². The summed E-state index contributed by atoms with van der Waals surface area (Å²) in [6.45, 7) is 0. The van der Waals surface area contributed by atoms with Gasteiger partial charge < -0.3 is 0 Å². The predicted octanol–water partition coefficient (Wildman–Crippen LogP) is 14.8. The number of hydrogen-bond donors (Lipinski definition) is 0. The summed E-state index contributed by atoms with van der Waals surface area (Å²) >= 11 is 0. The van der Waals surface area contributed by atoms with Gasteiger partial charge in [0.05, 0.1) is 16.8 Å². The second-order valence-corrected chi connectivity index (χ2v) is 16.0. The average molecular weight is 775 g/mol. The van der Waals surface area contributed by atoms with Gasteiger partial charge in [0.2, 0.25) is 0 Å². The van der Waals surface area contributed by atoms with Crippen LogP contribution in [0.1, 0.15) is 22.3 Å². The number of benzene rings is 9. The Hall–Kier alpha value is -7.94. The maximum absolute atomic E-state index is 5.37. The van der Waals surface area contributed by atoms with E-state index in [1.165, 1.54) is 66.8 Å². The van der Waals surface area contributed by atoms with Crippen LogP contribution in [0.25, 0.3) is 89.5 Å². The molecular weight excluding hydrogens is 737 g/mol. The van der Waals surface area contributed by atoms with Gasteiger partial charge >= 0.3 is 0 Å². The highest BCUT2D eigenvalue weighted by Crippen LogP contribution is 2.61. The van der Waals surface area contributed by atoms with Crippen LogP contribution in [0.5, 0.6) is 0 Å². The molecule has 0 unspecified atom stereocenters. The fourth-order valence-corrected chi connectivity index (χ4v) is 10.0. The van der Waals surface area contributed by atoms with E-state index in [1.807, 2.05) is 0 Å². The van der Waals surface area contributed by atoms with Gasteiger partial charge in [-0.1, -0.05) is 212 Å². The van der Waals surface area contributed by atoms with Crippen molar-refractivity contribution in [2.24, 2.45) is 0 Å². The standard InChI is InChI=1S/C59H38N2/c1-3-16-39(17-4-1)41-30-32-42(33-31-41)58-60-56(44-21-15-20-43(36-44)40-18-5-2-6-19-40)38-57(61-58)45-34-35-55-51(37-45)50-26-11-14-29-54(50)59(55)52-27-12-9-24-48(52)46-22-7-8-23-47(46)49-25-10-13-28-53(49)59/h1-38H. The second kappa shape index (κ2) is 14.1. The van der Waals surface area contributed by atoms with Crippen molar-refractivity contribution in [1.29, 1.82) is 0 Å². The molecule has 0 N–H and O–H groups in total. The SMILES string of the molecule is c1ccc(-c2ccc(-c3nc(-c4cccc(-c5ccccc5)c4)cc(-c4ccc5c(c4)-c4ccccc4C54c5ccccc5-c5ccccc5-c5ccccc54)n3)cc2)cc1. The third-order valence-corrected chi connectivity index (χ3v) is 12.8. The summed E-state index contributed by atoms with van der Waals surface area (Å²) in [7, 11) is 0. The maximum Gasteiger partial charge on any atom is 0.160 e. The molecule has 2 aliphatic rings. The quantitative estimate of drug-likeness (QED) is 0.174. The summed E-state index contributed by atoms with van der Waals surface area (Å²) < 4.78 is 0. The number of hydrogen-bond acceptors (Lipinski definition) is 2. The molecule has 0 atom stereocenters. The lowest BCUT2D eigenvalue weighted by Gasteiger charge is -2.35. The van der Waals surface area contributed by atoms with Gasteiger partial charge in [0.25, 0.3) is 0 Å². The van der Waals surface area contributed by atoms with E-state index in [9.17, 15) is 0 Å². The molecule has 0 radical (unpaired) electrons. The molecule has 0 saturated heterocycles. The lowest BCUT2D eigenvalue weighted by Crippen LogP contribution is -2.29. The highest BCUT2D eigenvalue weighted by atomic mass is 14.9. The van der Waals surface area contributed by atoms with Gasteiger partial charge in [-0.25, -0.2) is 9.97 Å². The first-order valence-electron chi connectivity index (χ1n) is 21.0. The molecule has 0 aliphatic heterocycles. The fourth-order valence-electron chi connectivity index (χ4n) is 10.0. The fraction of sp³-hybridized carbons (Fsp3) is 0.0169. The van der Waals surface area contributed by atoms with Gasteiger partial charge in [0, 0.05) is 16.7 Å². The van der Waals surface area contributed by atoms with Gasteiger partial charge in [-0.15, -0.1) is 0 Å². The van der Waals surface area contributed by atoms with Crippen molar-refractivity contribution in [1.82, 2.24) is 9.97 Å². The minimum atomic E-state index is -0.531. The normalized spacial score (nSPS) is 12.7. The average Bonchev–Trinajstić information content (AvgIpc) is 3.58. The molecule has 0 bridgehead atoms. The molecule has 61 heavy (non-hydrogen) atoms. The Morgan fingerprint density at radius 1 is 0.230 bits per heavy atom. The van der Waals surface area contributed by atoms with Crippen LogP contribution in [0.15, 0.2) is 231 Å². The highest BCUT2D eigenvalue weighted by Gasteiger charge is 2.49. The molecule has 0 amide bonds. The first-order chi connectivity index (χ1) is 30.2.